The van der Waals surface area contributed by atoms with Crippen molar-refractivity contribution in [3.05, 3.63) is 51.7 Å². The van der Waals surface area contributed by atoms with Crippen LogP contribution in [0.2, 0.25) is 0 Å². The van der Waals surface area contributed by atoms with Crippen LogP contribution >= 0.6 is 23.1 Å². The fourth-order valence-corrected chi connectivity index (χ4v) is 6.54. The van der Waals surface area contributed by atoms with Gasteiger partial charge in [-0.25, -0.2) is 13.6 Å². The van der Waals surface area contributed by atoms with Crippen LogP contribution in [-0.2, 0) is 28.9 Å². The lowest BCUT2D eigenvalue weighted by atomic mass is 9.96. The lowest BCUT2D eigenvalue weighted by molar-refractivity contribution is -0.113. The van der Waals surface area contributed by atoms with E-state index in [0.717, 1.165) is 61.1 Å². The molecule has 0 saturated carbocycles. The van der Waals surface area contributed by atoms with Crippen LogP contribution in [-0.4, -0.2) is 39.5 Å². The Morgan fingerprint density at radius 3 is 2.66 bits per heavy atom. The molecule has 0 saturated heterocycles. The third-order valence-electron chi connectivity index (χ3n) is 6.27. The van der Waals surface area contributed by atoms with Gasteiger partial charge < -0.3 is 19.4 Å². The number of nitrogens with one attached hydrogen (secondary N) is 1. The van der Waals surface area contributed by atoms with Crippen LogP contribution < -0.4 is 10.1 Å². The van der Waals surface area contributed by atoms with Crippen molar-refractivity contribution in [3.8, 4) is 5.75 Å². The largest absolute Gasteiger partial charge is 0.480 e. The molecule has 2 aromatic heterocycles. The number of thioether (sulfide) groups is 1. The standard InChI is InChI=1S/C26H30F2N4O4S2/c1-4-32-23(15(2)36-19-12-11-16(27)13-18(19)28)30-31-26(32)37-14-21(33)29-24-22(25(34)35-3)17-9-7-5-6-8-10-20(17)38-24/h11-13,15H,4-10,14H2,1-3H3,(H,29,33). The molecule has 0 radical (unpaired) electrons. The number of carbonyl (C=O) groups is 2. The Balaban J connectivity index is 1.45. The van der Waals surface area contributed by atoms with Gasteiger partial charge in [-0.15, -0.1) is 21.5 Å². The molecule has 3 aromatic rings. The number of halogens is 2. The number of esters is 1. The first-order valence-corrected chi connectivity index (χ1v) is 14.3. The van der Waals surface area contributed by atoms with Crippen LogP contribution in [0, 0.1) is 11.6 Å². The van der Waals surface area contributed by atoms with Gasteiger partial charge in [0.05, 0.1) is 18.4 Å². The first-order valence-electron chi connectivity index (χ1n) is 12.5. The van der Waals surface area contributed by atoms with Gasteiger partial charge in [0, 0.05) is 17.5 Å². The predicted octanol–water partition coefficient (Wildman–Crippen LogP) is 5.95. The topological polar surface area (TPSA) is 95.3 Å². The van der Waals surface area contributed by atoms with Crippen molar-refractivity contribution in [2.24, 2.45) is 0 Å². The Kier molecular flexibility index (Phi) is 9.37. The molecule has 8 nitrogen and oxygen atoms in total. The number of thiophene rings is 1. The van der Waals surface area contributed by atoms with Gasteiger partial charge in [-0.3, -0.25) is 4.79 Å². The highest BCUT2D eigenvalue weighted by atomic mass is 32.2. The quantitative estimate of drug-likeness (QED) is 0.253. The van der Waals surface area contributed by atoms with Crippen molar-refractivity contribution in [1.82, 2.24) is 14.8 Å². The molecular formula is C26H30F2N4O4S2. The van der Waals surface area contributed by atoms with E-state index in [0.29, 0.717) is 28.1 Å². The minimum Gasteiger partial charge on any atom is -0.480 e. The summed E-state index contributed by atoms with van der Waals surface area (Å²) in [5, 5.41) is 12.3. The minimum atomic E-state index is -0.807. The van der Waals surface area contributed by atoms with Crippen molar-refractivity contribution in [1.29, 1.82) is 0 Å². The Morgan fingerprint density at radius 2 is 1.95 bits per heavy atom. The van der Waals surface area contributed by atoms with Gasteiger partial charge in [-0.1, -0.05) is 24.6 Å². The van der Waals surface area contributed by atoms with Gasteiger partial charge in [0.1, 0.15) is 10.8 Å². The number of fused-ring (bicyclic) bond motifs is 1. The second-order valence-corrected chi connectivity index (χ2v) is 10.9. The number of carbonyl (C=O) groups excluding carboxylic acids is 2. The molecule has 0 spiro atoms. The number of hydrogen-bond donors (Lipinski definition) is 1. The Hall–Kier alpha value is -2.99. The Morgan fingerprint density at radius 1 is 1.18 bits per heavy atom. The normalized spacial score (nSPS) is 14.2. The van der Waals surface area contributed by atoms with E-state index in [1.807, 2.05) is 6.92 Å². The molecule has 1 amide bonds. The summed E-state index contributed by atoms with van der Waals surface area (Å²) < 4.78 is 39.7. The maximum Gasteiger partial charge on any atom is 0.341 e. The van der Waals surface area contributed by atoms with E-state index in [-0.39, 0.29) is 17.4 Å². The van der Waals surface area contributed by atoms with Crippen molar-refractivity contribution in [2.75, 3.05) is 18.2 Å². The number of benzene rings is 1. The van der Waals surface area contributed by atoms with E-state index in [1.54, 1.807) is 11.5 Å². The van der Waals surface area contributed by atoms with Crippen molar-refractivity contribution < 1.29 is 27.8 Å². The summed E-state index contributed by atoms with van der Waals surface area (Å²) in [4.78, 5) is 26.6. The van der Waals surface area contributed by atoms with Crippen LogP contribution in [0.25, 0.3) is 0 Å². The van der Waals surface area contributed by atoms with Crippen LogP contribution in [0.1, 0.15) is 72.3 Å². The third-order valence-corrected chi connectivity index (χ3v) is 8.44. The number of amides is 1. The molecule has 2 heterocycles. The Labute approximate surface area is 228 Å². The molecule has 12 heteroatoms. The van der Waals surface area contributed by atoms with Crippen molar-refractivity contribution in [2.45, 2.75) is 70.2 Å². The first-order chi connectivity index (χ1) is 18.3. The SMILES string of the molecule is CCn1c(SCC(=O)Nc2sc3c(c2C(=O)OC)CCCCCC3)nnc1C(C)Oc1ccc(F)cc1F. The molecule has 0 bridgehead atoms. The molecule has 0 fully saturated rings. The molecule has 1 atom stereocenters. The average Bonchev–Trinajstić information content (AvgIpc) is 3.44. The second kappa shape index (κ2) is 12.7. The molecule has 0 aliphatic heterocycles. The van der Waals surface area contributed by atoms with Crippen LogP contribution in [0.4, 0.5) is 13.8 Å². The molecular weight excluding hydrogens is 534 g/mol. The van der Waals surface area contributed by atoms with E-state index in [2.05, 4.69) is 15.5 Å². The van der Waals surface area contributed by atoms with Crippen LogP contribution in [0.3, 0.4) is 0 Å². The van der Waals surface area contributed by atoms with E-state index in [1.165, 1.54) is 36.3 Å². The molecule has 4 rings (SSSR count). The molecule has 1 aliphatic rings. The highest BCUT2D eigenvalue weighted by molar-refractivity contribution is 7.99. The number of nitrogens with zero attached hydrogens (tertiary/aromatic N) is 3. The molecule has 1 unspecified atom stereocenters. The van der Waals surface area contributed by atoms with Crippen molar-refractivity contribution in [3.63, 3.8) is 0 Å². The lowest BCUT2D eigenvalue weighted by Crippen LogP contribution is -2.17. The van der Waals surface area contributed by atoms with Gasteiger partial charge in [-0.05, 0) is 57.2 Å². The molecule has 1 aromatic carbocycles. The minimum absolute atomic E-state index is 0.0448. The zero-order chi connectivity index (χ0) is 27.2. The zero-order valence-electron chi connectivity index (χ0n) is 21.5. The highest BCUT2D eigenvalue weighted by Crippen LogP contribution is 2.38. The first kappa shape index (κ1) is 28.0. The van der Waals surface area contributed by atoms with Crippen molar-refractivity contribution >= 4 is 40.0 Å². The Bertz CT molecular complexity index is 1310. The van der Waals surface area contributed by atoms with Crippen LogP contribution in [0.5, 0.6) is 5.75 Å². The van der Waals surface area contributed by atoms with E-state index < -0.39 is 23.7 Å². The summed E-state index contributed by atoms with van der Waals surface area (Å²) >= 11 is 2.65. The van der Waals surface area contributed by atoms with E-state index >= 15 is 0 Å². The number of aryl methyl sites for hydroxylation is 1. The summed E-state index contributed by atoms with van der Waals surface area (Å²) in [6, 6.07) is 3.10. The van der Waals surface area contributed by atoms with Crippen LogP contribution in [0.15, 0.2) is 23.4 Å². The molecule has 204 valence electrons. The fourth-order valence-electron chi connectivity index (χ4n) is 4.44. The molecule has 38 heavy (non-hydrogen) atoms. The summed E-state index contributed by atoms with van der Waals surface area (Å²) in [5.41, 5.74) is 1.46. The number of rotatable bonds is 9. The second-order valence-electron chi connectivity index (χ2n) is 8.87. The summed E-state index contributed by atoms with van der Waals surface area (Å²) in [6.07, 6.45) is 5.36. The number of aromatic nitrogens is 3. The van der Waals surface area contributed by atoms with Gasteiger partial charge in [0.2, 0.25) is 5.91 Å². The lowest BCUT2D eigenvalue weighted by Gasteiger charge is -2.16. The average molecular weight is 565 g/mol. The maximum absolute atomic E-state index is 14.0. The molecule has 1 aliphatic carbocycles. The summed E-state index contributed by atoms with van der Waals surface area (Å²) in [7, 11) is 1.35. The maximum atomic E-state index is 14.0. The van der Waals surface area contributed by atoms with Gasteiger partial charge in [0.25, 0.3) is 0 Å². The summed E-state index contributed by atoms with van der Waals surface area (Å²) in [6.45, 7) is 4.08. The third kappa shape index (κ3) is 6.35. The van der Waals surface area contributed by atoms with Gasteiger partial charge in [-0.2, -0.15) is 0 Å². The molecule has 1 N–H and O–H groups in total. The number of hydrogen-bond acceptors (Lipinski definition) is 8. The van der Waals surface area contributed by atoms with Gasteiger partial charge in [0.15, 0.2) is 28.7 Å². The smallest absolute Gasteiger partial charge is 0.341 e. The van der Waals surface area contributed by atoms with E-state index in [4.69, 9.17) is 9.47 Å². The summed E-state index contributed by atoms with van der Waals surface area (Å²) in [5.74, 6) is -1.81. The van der Waals surface area contributed by atoms with E-state index in [9.17, 15) is 18.4 Å². The number of anilines is 1. The number of methoxy groups -OCH3 is 1. The highest BCUT2D eigenvalue weighted by Gasteiger charge is 2.26. The fraction of sp³-hybridized carbons (Fsp3) is 0.462. The van der Waals surface area contributed by atoms with Gasteiger partial charge >= 0.3 is 5.97 Å². The number of ether oxygens (including phenoxy) is 2. The zero-order valence-corrected chi connectivity index (χ0v) is 23.1. The monoisotopic (exact) mass is 564 g/mol. The predicted molar refractivity (Wildman–Crippen MR) is 142 cm³/mol.